The Morgan fingerprint density at radius 3 is 2.56 bits per heavy atom. The molecule has 0 saturated heterocycles. The van der Waals surface area contributed by atoms with Crippen molar-refractivity contribution in [3.8, 4) is 5.75 Å². The Bertz CT molecular complexity index is 1110. The van der Waals surface area contributed by atoms with Gasteiger partial charge < -0.3 is 10.1 Å². The summed E-state index contributed by atoms with van der Waals surface area (Å²) in [7, 11) is 2.93. The minimum absolute atomic E-state index is 0.161. The summed E-state index contributed by atoms with van der Waals surface area (Å²) in [6.07, 6.45) is 1.46. The van der Waals surface area contributed by atoms with Gasteiger partial charge >= 0.3 is 5.69 Å². The number of hydrogen-bond donors (Lipinski definition) is 1. The first kappa shape index (κ1) is 18.4. The fourth-order valence-corrected chi connectivity index (χ4v) is 2.80. The molecule has 0 aliphatic heterocycles. The van der Waals surface area contributed by atoms with E-state index in [4.69, 9.17) is 4.74 Å². The van der Waals surface area contributed by atoms with Crippen LogP contribution in [0.5, 0.6) is 5.75 Å². The second-order valence-corrected chi connectivity index (χ2v) is 6.21. The van der Waals surface area contributed by atoms with Gasteiger partial charge in [0.15, 0.2) is 5.65 Å². The number of nitrogens with zero attached hydrogens (tertiary/aromatic N) is 3. The zero-order valence-electron chi connectivity index (χ0n) is 15.4. The minimum atomic E-state index is -0.612. The predicted molar refractivity (Wildman–Crippen MR) is 101 cm³/mol. The number of hydrogen-bond acceptors (Lipinski definition) is 5. The number of benzene rings is 1. The smallest absolute Gasteiger partial charge is 0.332 e. The molecule has 0 spiro atoms. The van der Waals surface area contributed by atoms with Gasteiger partial charge in [0.2, 0.25) is 5.91 Å². The summed E-state index contributed by atoms with van der Waals surface area (Å²) in [5.74, 6) is -0.133. The maximum Gasteiger partial charge on any atom is 0.332 e. The zero-order valence-corrected chi connectivity index (χ0v) is 15.4. The number of pyridine rings is 1. The maximum atomic E-state index is 12.8. The van der Waals surface area contributed by atoms with E-state index >= 15 is 0 Å². The average molecular weight is 368 g/mol. The summed E-state index contributed by atoms with van der Waals surface area (Å²) in [5, 5.41) is 2.88. The normalized spacial score (nSPS) is 10.8. The van der Waals surface area contributed by atoms with Gasteiger partial charge in [0, 0.05) is 19.8 Å². The Hall–Kier alpha value is -3.42. The summed E-state index contributed by atoms with van der Waals surface area (Å²) < 4.78 is 7.32. The number of fused-ring (bicyclic) bond motifs is 1. The van der Waals surface area contributed by atoms with Crippen molar-refractivity contribution in [2.45, 2.75) is 20.0 Å². The van der Waals surface area contributed by atoms with Crippen molar-refractivity contribution >= 4 is 16.9 Å². The lowest BCUT2D eigenvalue weighted by Crippen LogP contribution is -2.43. The lowest BCUT2D eigenvalue weighted by molar-refractivity contribution is -0.121. The summed E-state index contributed by atoms with van der Waals surface area (Å²) >= 11 is 0. The van der Waals surface area contributed by atoms with Crippen LogP contribution in [0.25, 0.3) is 11.0 Å². The van der Waals surface area contributed by atoms with Crippen molar-refractivity contribution in [2.75, 3.05) is 7.11 Å². The number of amides is 1. The summed E-state index contributed by atoms with van der Waals surface area (Å²) in [5.41, 5.74) is 1.04. The molecule has 0 saturated carbocycles. The standard InChI is InChI=1S/C19H20N4O4/c1-12-4-6-13(7-5-12)10-21-15(24)11-23-18(25)16-14(27-3)8-9-20-17(16)22(2)19(23)26/h4-9H,10-11H2,1-3H3,(H,21,24). The van der Waals surface area contributed by atoms with Crippen molar-refractivity contribution in [3.63, 3.8) is 0 Å². The van der Waals surface area contributed by atoms with E-state index in [9.17, 15) is 14.4 Å². The van der Waals surface area contributed by atoms with Crippen LogP contribution >= 0.6 is 0 Å². The van der Waals surface area contributed by atoms with Gasteiger partial charge in [-0.3, -0.25) is 14.2 Å². The number of aromatic nitrogens is 3. The third-order valence-electron chi connectivity index (χ3n) is 4.32. The Morgan fingerprint density at radius 1 is 1.19 bits per heavy atom. The summed E-state index contributed by atoms with van der Waals surface area (Å²) in [4.78, 5) is 41.7. The first-order valence-electron chi connectivity index (χ1n) is 8.37. The van der Waals surface area contributed by atoms with E-state index < -0.39 is 17.2 Å². The molecule has 1 amide bonds. The summed E-state index contributed by atoms with van der Waals surface area (Å²) in [6, 6.07) is 9.26. The largest absolute Gasteiger partial charge is 0.496 e. The van der Waals surface area contributed by atoms with Gasteiger partial charge in [-0.1, -0.05) is 29.8 Å². The molecule has 140 valence electrons. The van der Waals surface area contributed by atoms with E-state index in [0.717, 1.165) is 15.7 Å². The number of ether oxygens (including phenoxy) is 1. The Kier molecular flexibility index (Phi) is 5.07. The number of rotatable bonds is 5. The fraction of sp³-hybridized carbons (Fsp3) is 0.263. The molecular weight excluding hydrogens is 348 g/mol. The van der Waals surface area contributed by atoms with Gasteiger partial charge in [-0.05, 0) is 18.6 Å². The van der Waals surface area contributed by atoms with Crippen LogP contribution in [-0.4, -0.2) is 27.1 Å². The first-order chi connectivity index (χ1) is 12.9. The van der Waals surface area contributed by atoms with Crippen LogP contribution in [0, 0.1) is 6.92 Å². The third kappa shape index (κ3) is 3.59. The van der Waals surface area contributed by atoms with Gasteiger partial charge in [0.1, 0.15) is 17.7 Å². The van der Waals surface area contributed by atoms with E-state index in [1.807, 2.05) is 31.2 Å². The highest BCUT2D eigenvalue weighted by molar-refractivity contribution is 5.81. The van der Waals surface area contributed by atoms with Crippen molar-refractivity contribution in [1.29, 1.82) is 0 Å². The number of carbonyl (C=O) groups is 1. The molecule has 8 heteroatoms. The van der Waals surface area contributed by atoms with E-state index in [2.05, 4.69) is 10.3 Å². The van der Waals surface area contributed by atoms with Crippen LogP contribution in [0.15, 0.2) is 46.1 Å². The quantitative estimate of drug-likeness (QED) is 0.716. The van der Waals surface area contributed by atoms with Gasteiger partial charge in [-0.2, -0.15) is 0 Å². The van der Waals surface area contributed by atoms with Gasteiger partial charge in [0.05, 0.1) is 7.11 Å². The van der Waals surface area contributed by atoms with Gasteiger partial charge in [-0.25, -0.2) is 14.3 Å². The molecule has 0 radical (unpaired) electrons. The molecule has 3 rings (SSSR count). The molecular formula is C19H20N4O4. The molecule has 0 unspecified atom stereocenters. The van der Waals surface area contributed by atoms with Crippen molar-refractivity contribution in [3.05, 3.63) is 68.5 Å². The highest BCUT2D eigenvalue weighted by Gasteiger charge is 2.17. The molecule has 8 nitrogen and oxygen atoms in total. The molecule has 27 heavy (non-hydrogen) atoms. The second kappa shape index (κ2) is 7.45. The van der Waals surface area contributed by atoms with Crippen LogP contribution in [0.1, 0.15) is 11.1 Å². The molecule has 1 N–H and O–H groups in total. The van der Waals surface area contributed by atoms with Crippen molar-refractivity contribution in [2.24, 2.45) is 7.05 Å². The molecule has 0 bridgehead atoms. The van der Waals surface area contributed by atoms with Crippen LogP contribution in [0.3, 0.4) is 0 Å². The SMILES string of the molecule is COc1ccnc2c1c(=O)n(CC(=O)NCc1ccc(C)cc1)c(=O)n2C. The lowest BCUT2D eigenvalue weighted by atomic mass is 10.1. The fourth-order valence-electron chi connectivity index (χ4n) is 2.80. The van der Waals surface area contributed by atoms with Crippen LogP contribution in [0.2, 0.25) is 0 Å². The van der Waals surface area contributed by atoms with E-state index in [1.54, 1.807) is 0 Å². The summed E-state index contributed by atoms with van der Waals surface area (Å²) in [6.45, 7) is 1.91. The lowest BCUT2D eigenvalue weighted by Gasteiger charge is -2.12. The monoisotopic (exact) mass is 368 g/mol. The van der Waals surface area contributed by atoms with Crippen LogP contribution in [0.4, 0.5) is 0 Å². The van der Waals surface area contributed by atoms with E-state index in [0.29, 0.717) is 12.3 Å². The van der Waals surface area contributed by atoms with Gasteiger partial charge in [-0.15, -0.1) is 0 Å². The molecule has 3 aromatic rings. The van der Waals surface area contributed by atoms with Crippen molar-refractivity contribution in [1.82, 2.24) is 19.4 Å². The molecule has 2 aromatic heterocycles. The molecule has 0 fully saturated rings. The number of aryl methyl sites for hydroxylation is 2. The highest BCUT2D eigenvalue weighted by Crippen LogP contribution is 2.18. The van der Waals surface area contributed by atoms with Gasteiger partial charge in [0.25, 0.3) is 5.56 Å². The molecule has 0 aliphatic carbocycles. The maximum absolute atomic E-state index is 12.8. The highest BCUT2D eigenvalue weighted by atomic mass is 16.5. The average Bonchev–Trinajstić information content (AvgIpc) is 2.68. The Morgan fingerprint density at radius 2 is 1.89 bits per heavy atom. The first-order valence-corrected chi connectivity index (χ1v) is 8.37. The van der Waals surface area contributed by atoms with Crippen LogP contribution < -0.4 is 21.3 Å². The topological polar surface area (TPSA) is 95.2 Å². The minimum Gasteiger partial charge on any atom is -0.496 e. The zero-order chi connectivity index (χ0) is 19.6. The third-order valence-corrected chi connectivity index (χ3v) is 4.32. The molecule has 0 aliphatic rings. The number of carbonyl (C=O) groups excluding carboxylic acids is 1. The Labute approximate surface area is 155 Å². The van der Waals surface area contributed by atoms with E-state index in [-0.39, 0.29) is 17.6 Å². The second-order valence-electron chi connectivity index (χ2n) is 6.21. The predicted octanol–water partition coefficient (Wildman–Crippen LogP) is 0.729. The number of methoxy groups -OCH3 is 1. The molecule has 2 heterocycles. The molecule has 1 aromatic carbocycles. The van der Waals surface area contributed by atoms with Crippen LogP contribution in [-0.2, 0) is 24.9 Å². The van der Waals surface area contributed by atoms with Crippen molar-refractivity contribution < 1.29 is 9.53 Å². The van der Waals surface area contributed by atoms with E-state index in [1.165, 1.54) is 31.0 Å². The molecule has 0 atom stereocenters. The Balaban J connectivity index is 1.90. The number of nitrogens with one attached hydrogen (secondary N) is 1.